The molecule has 1 aromatic carbocycles. The third-order valence-electron chi connectivity index (χ3n) is 6.56. The van der Waals surface area contributed by atoms with Crippen LogP contribution in [0.3, 0.4) is 0 Å². The molecule has 2 aliphatic rings. The standard InChI is InChI=1S/C24H37N3O2S/c1-29-21-10-7-19(8-11-21)17-26-24(30)22(12-9-18-5-3-2-4-6-18)27-23(28)20-13-15-25-16-14-20/h7-8,10-11,18,20,22,25H,2-6,9,12-17H2,1H3,(H,26,30)(H,27,28)/t22-/m1/s1. The summed E-state index contributed by atoms with van der Waals surface area (Å²) in [6.07, 6.45) is 10.6. The Labute approximate surface area is 186 Å². The average Bonchev–Trinajstić information content (AvgIpc) is 2.81. The summed E-state index contributed by atoms with van der Waals surface area (Å²) < 4.78 is 5.23. The third kappa shape index (κ3) is 7.24. The number of thiocarbonyl (C=S) groups is 1. The molecule has 30 heavy (non-hydrogen) atoms. The highest BCUT2D eigenvalue weighted by Gasteiger charge is 2.26. The van der Waals surface area contributed by atoms with E-state index in [0.29, 0.717) is 6.54 Å². The zero-order valence-corrected chi connectivity index (χ0v) is 19.1. The van der Waals surface area contributed by atoms with Crippen LogP contribution in [-0.4, -0.2) is 37.1 Å². The number of ether oxygens (including phenoxy) is 1. The van der Waals surface area contributed by atoms with Crippen molar-refractivity contribution >= 4 is 23.1 Å². The van der Waals surface area contributed by atoms with E-state index in [-0.39, 0.29) is 17.9 Å². The van der Waals surface area contributed by atoms with E-state index in [4.69, 9.17) is 17.0 Å². The Bertz CT molecular complexity index is 668. The van der Waals surface area contributed by atoms with Crippen LogP contribution in [0.1, 0.15) is 63.4 Å². The van der Waals surface area contributed by atoms with Crippen molar-refractivity contribution in [3.05, 3.63) is 29.8 Å². The molecule has 5 nitrogen and oxygen atoms in total. The van der Waals surface area contributed by atoms with E-state index in [1.807, 2.05) is 24.3 Å². The lowest BCUT2D eigenvalue weighted by atomic mass is 9.85. The molecule has 2 fully saturated rings. The van der Waals surface area contributed by atoms with Crippen LogP contribution in [0, 0.1) is 11.8 Å². The van der Waals surface area contributed by atoms with Gasteiger partial charge in [0.05, 0.1) is 18.1 Å². The predicted molar refractivity (Wildman–Crippen MR) is 126 cm³/mol. The molecule has 1 amide bonds. The molecule has 166 valence electrons. The minimum atomic E-state index is -0.0810. The molecule has 1 heterocycles. The molecule has 0 unspecified atom stereocenters. The molecule has 0 spiro atoms. The Hall–Kier alpha value is -1.66. The largest absolute Gasteiger partial charge is 0.497 e. The first kappa shape index (κ1) is 23.0. The van der Waals surface area contributed by atoms with Gasteiger partial charge in [-0.25, -0.2) is 0 Å². The van der Waals surface area contributed by atoms with Crippen molar-refractivity contribution in [3.8, 4) is 5.75 Å². The van der Waals surface area contributed by atoms with E-state index in [0.717, 1.165) is 61.0 Å². The van der Waals surface area contributed by atoms with Gasteiger partial charge in [0.1, 0.15) is 5.75 Å². The quantitative estimate of drug-likeness (QED) is 0.517. The Morgan fingerprint density at radius 2 is 1.83 bits per heavy atom. The second kappa shape index (κ2) is 12.3. The van der Waals surface area contributed by atoms with Gasteiger partial charge >= 0.3 is 0 Å². The van der Waals surface area contributed by atoms with Crippen LogP contribution in [0.5, 0.6) is 5.75 Å². The normalized spacial score (nSPS) is 19.1. The van der Waals surface area contributed by atoms with Gasteiger partial charge in [-0.15, -0.1) is 0 Å². The molecule has 1 aromatic rings. The number of hydrogen-bond acceptors (Lipinski definition) is 4. The van der Waals surface area contributed by atoms with Crippen molar-refractivity contribution in [3.63, 3.8) is 0 Å². The molecule has 1 atom stereocenters. The highest BCUT2D eigenvalue weighted by atomic mass is 32.1. The van der Waals surface area contributed by atoms with E-state index in [1.54, 1.807) is 7.11 Å². The maximum Gasteiger partial charge on any atom is 0.223 e. The van der Waals surface area contributed by atoms with Crippen LogP contribution in [0.25, 0.3) is 0 Å². The number of benzene rings is 1. The van der Waals surface area contributed by atoms with Gasteiger partial charge in [0.25, 0.3) is 0 Å². The Morgan fingerprint density at radius 1 is 1.13 bits per heavy atom. The predicted octanol–water partition coefficient (Wildman–Crippen LogP) is 3.96. The maximum absolute atomic E-state index is 12.9. The lowest BCUT2D eigenvalue weighted by Crippen LogP contribution is -2.49. The van der Waals surface area contributed by atoms with Crippen molar-refractivity contribution in [1.82, 2.24) is 16.0 Å². The summed E-state index contributed by atoms with van der Waals surface area (Å²) in [7, 11) is 1.67. The monoisotopic (exact) mass is 431 g/mol. The van der Waals surface area contributed by atoms with Crippen molar-refractivity contribution in [2.75, 3.05) is 20.2 Å². The summed E-state index contributed by atoms with van der Waals surface area (Å²) in [5.74, 6) is 1.90. The number of rotatable bonds is 9. The van der Waals surface area contributed by atoms with Crippen molar-refractivity contribution in [2.45, 2.75) is 70.4 Å². The van der Waals surface area contributed by atoms with Gasteiger partial charge in [-0.1, -0.05) is 56.5 Å². The number of amides is 1. The smallest absolute Gasteiger partial charge is 0.223 e. The number of piperidine rings is 1. The van der Waals surface area contributed by atoms with E-state index in [2.05, 4.69) is 16.0 Å². The Balaban J connectivity index is 1.55. The summed E-state index contributed by atoms with van der Waals surface area (Å²) in [4.78, 5) is 13.6. The Morgan fingerprint density at radius 3 is 2.50 bits per heavy atom. The van der Waals surface area contributed by atoms with Crippen LogP contribution in [0.15, 0.2) is 24.3 Å². The minimum Gasteiger partial charge on any atom is -0.497 e. The number of nitrogens with one attached hydrogen (secondary N) is 3. The number of carbonyl (C=O) groups is 1. The van der Waals surface area contributed by atoms with Gasteiger partial charge in [-0.3, -0.25) is 4.79 Å². The van der Waals surface area contributed by atoms with Crippen molar-refractivity contribution in [1.29, 1.82) is 0 Å². The van der Waals surface area contributed by atoms with Crippen LogP contribution in [0.2, 0.25) is 0 Å². The molecular formula is C24H37N3O2S. The van der Waals surface area contributed by atoms with Crippen LogP contribution >= 0.6 is 12.2 Å². The number of methoxy groups -OCH3 is 1. The first-order chi connectivity index (χ1) is 14.7. The fourth-order valence-corrected chi connectivity index (χ4v) is 4.83. The van der Waals surface area contributed by atoms with Gasteiger partial charge in [0.2, 0.25) is 5.91 Å². The van der Waals surface area contributed by atoms with E-state index in [9.17, 15) is 4.79 Å². The van der Waals surface area contributed by atoms with E-state index >= 15 is 0 Å². The van der Waals surface area contributed by atoms with E-state index < -0.39 is 0 Å². The third-order valence-corrected chi connectivity index (χ3v) is 6.99. The molecular weight excluding hydrogens is 394 g/mol. The molecule has 1 saturated carbocycles. The summed E-state index contributed by atoms with van der Waals surface area (Å²) in [6.45, 7) is 2.50. The fraction of sp³-hybridized carbons (Fsp3) is 0.667. The molecule has 0 aromatic heterocycles. The minimum absolute atomic E-state index is 0.0810. The summed E-state index contributed by atoms with van der Waals surface area (Å²) >= 11 is 5.75. The molecule has 1 aliphatic heterocycles. The lowest BCUT2D eigenvalue weighted by molar-refractivity contribution is -0.126. The highest BCUT2D eigenvalue weighted by molar-refractivity contribution is 7.80. The molecule has 1 saturated heterocycles. The summed E-state index contributed by atoms with van der Waals surface area (Å²) in [6, 6.07) is 7.92. The number of carbonyl (C=O) groups excluding carboxylic acids is 1. The highest BCUT2D eigenvalue weighted by Crippen LogP contribution is 2.28. The van der Waals surface area contributed by atoms with Gasteiger partial charge in [0, 0.05) is 12.5 Å². The second-order valence-corrected chi connectivity index (χ2v) is 9.17. The first-order valence-electron chi connectivity index (χ1n) is 11.6. The summed E-state index contributed by atoms with van der Waals surface area (Å²) in [5.41, 5.74) is 1.15. The van der Waals surface area contributed by atoms with Crippen LogP contribution in [0.4, 0.5) is 0 Å². The zero-order valence-electron chi connectivity index (χ0n) is 18.3. The molecule has 0 radical (unpaired) electrons. The van der Waals surface area contributed by atoms with Crippen LogP contribution < -0.4 is 20.7 Å². The van der Waals surface area contributed by atoms with Gasteiger partial charge < -0.3 is 20.7 Å². The van der Waals surface area contributed by atoms with E-state index in [1.165, 1.54) is 32.1 Å². The number of hydrogen-bond donors (Lipinski definition) is 3. The molecule has 0 bridgehead atoms. The average molecular weight is 432 g/mol. The topological polar surface area (TPSA) is 62.4 Å². The maximum atomic E-state index is 12.9. The fourth-order valence-electron chi connectivity index (χ4n) is 4.58. The van der Waals surface area contributed by atoms with Gasteiger partial charge in [-0.2, -0.15) is 0 Å². The van der Waals surface area contributed by atoms with Crippen molar-refractivity contribution < 1.29 is 9.53 Å². The van der Waals surface area contributed by atoms with Gasteiger partial charge in [-0.05, 0) is 62.4 Å². The lowest BCUT2D eigenvalue weighted by Gasteiger charge is -2.28. The molecule has 3 rings (SSSR count). The van der Waals surface area contributed by atoms with Crippen LogP contribution in [-0.2, 0) is 11.3 Å². The molecule has 6 heteroatoms. The molecule has 1 aliphatic carbocycles. The first-order valence-corrected chi connectivity index (χ1v) is 12.0. The summed E-state index contributed by atoms with van der Waals surface area (Å²) in [5, 5.41) is 10.0. The van der Waals surface area contributed by atoms with Crippen molar-refractivity contribution in [2.24, 2.45) is 11.8 Å². The SMILES string of the molecule is COc1ccc(CNC(=S)[C@@H](CCC2CCCCC2)NC(=O)C2CCNCC2)cc1. The zero-order chi connectivity index (χ0) is 21.2. The van der Waals surface area contributed by atoms with Gasteiger partial charge in [0.15, 0.2) is 0 Å². The second-order valence-electron chi connectivity index (χ2n) is 8.73. The Kier molecular flexibility index (Phi) is 9.40. The molecule has 3 N–H and O–H groups in total.